The summed E-state index contributed by atoms with van der Waals surface area (Å²) in [6, 6.07) is 3.22. The molecule has 1 N–H and O–H groups in total. The Morgan fingerprint density at radius 3 is 2.80 bits per heavy atom. The first-order chi connectivity index (χ1) is 9.52. The van der Waals surface area contributed by atoms with Gasteiger partial charge >= 0.3 is 0 Å². The Bertz CT molecular complexity index is 467. The van der Waals surface area contributed by atoms with E-state index in [1.165, 1.54) is 6.92 Å². The molecule has 0 saturated carbocycles. The lowest BCUT2D eigenvalue weighted by Crippen LogP contribution is -2.05. The number of hydrogen-bond acceptors (Lipinski definition) is 7. The molecule has 0 spiro atoms. The number of aliphatic hydroxyl groups is 1. The number of aliphatic hydroxyl groups excluding tert-OH is 1. The zero-order valence-corrected chi connectivity index (χ0v) is 11.2. The third kappa shape index (κ3) is 5.75. The summed E-state index contributed by atoms with van der Waals surface area (Å²) in [6.07, 6.45) is -0.287. The zero-order valence-electron chi connectivity index (χ0n) is 11.2. The molecule has 1 unspecified atom stereocenters. The molecule has 0 aliphatic carbocycles. The molecule has 20 heavy (non-hydrogen) atoms. The molecular formula is C13H17NO6. The topological polar surface area (TPSA) is 106 Å². The summed E-state index contributed by atoms with van der Waals surface area (Å²) in [7, 11) is 0. The van der Waals surface area contributed by atoms with Gasteiger partial charge in [-0.15, -0.1) is 4.91 Å². The molecule has 0 amide bonds. The molecule has 1 atom stereocenters. The molecule has 0 aliphatic heterocycles. The maximum atomic E-state index is 11.4. The molecule has 0 aliphatic rings. The fourth-order valence-electron chi connectivity index (χ4n) is 1.68. The first-order valence-electron chi connectivity index (χ1n) is 6.25. The number of furan rings is 1. The lowest BCUT2D eigenvalue weighted by Gasteiger charge is -2.06. The molecular weight excluding hydrogens is 266 g/mol. The molecule has 110 valence electrons. The first-order valence-corrected chi connectivity index (χ1v) is 6.25. The highest BCUT2D eigenvalue weighted by molar-refractivity contribution is 5.78. The van der Waals surface area contributed by atoms with Crippen LogP contribution in [0.2, 0.25) is 0 Å². The second kappa shape index (κ2) is 8.21. The van der Waals surface area contributed by atoms with E-state index in [1.54, 1.807) is 12.1 Å². The summed E-state index contributed by atoms with van der Waals surface area (Å²) < 4.78 is 5.32. The third-order valence-electron chi connectivity index (χ3n) is 2.66. The van der Waals surface area contributed by atoms with Gasteiger partial charge in [-0.05, 0) is 25.5 Å². The Hall–Kier alpha value is -2.02. The van der Waals surface area contributed by atoms with Crippen molar-refractivity contribution in [3.8, 4) is 0 Å². The van der Waals surface area contributed by atoms with Gasteiger partial charge in [-0.25, -0.2) is 0 Å². The van der Waals surface area contributed by atoms with E-state index >= 15 is 0 Å². The Kier molecular flexibility index (Phi) is 6.58. The molecule has 1 aromatic heterocycles. The van der Waals surface area contributed by atoms with Crippen LogP contribution in [0.25, 0.3) is 0 Å². The fraction of sp³-hybridized carbons (Fsp3) is 0.538. The zero-order chi connectivity index (χ0) is 15.0. The van der Waals surface area contributed by atoms with Crippen molar-refractivity contribution >= 4 is 11.6 Å². The van der Waals surface area contributed by atoms with Crippen LogP contribution in [0.5, 0.6) is 0 Å². The van der Waals surface area contributed by atoms with Crippen LogP contribution in [0.15, 0.2) is 21.9 Å². The summed E-state index contributed by atoms with van der Waals surface area (Å²) in [4.78, 5) is 36.1. The maximum Gasteiger partial charge on any atom is 0.155 e. The average Bonchev–Trinajstić information content (AvgIpc) is 2.84. The van der Waals surface area contributed by atoms with Crippen molar-refractivity contribution in [2.75, 3.05) is 6.61 Å². The van der Waals surface area contributed by atoms with Crippen molar-refractivity contribution in [1.29, 1.82) is 0 Å². The van der Waals surface area contributed by atoms with Crippen LogP contribution in [-0.4, -0.2) is 23.3 Å². The quantitative estimate of drug-likeness (QED) is 0.399. The van der Waals surface area contributed by atoms with E-state index in [0.29, 0.717) is 11.5 Å². The first kappa shape index (κ1) is 16.0. The Labute approximate surface area is 115 Å². The number of Topliss-reactive ketones (excluding diaryl/α,β-unsaturated/α-hetero) is 2. The van der Waals surface area contributed by atoms with Gasteiger partial charge in [0.15, 0.2) is 5.34 Å². The minimum atomic E-state index is -0.898. The molecule has 0 saturated heterocycles. The lowest BCUT2D eigenvalue weighted by atomic mass is 10.1. The van der Waals surface area contributed by atoms with Crippen LogP contribution in [0.3, 0.4) is 0 Å². The minimum absolute atomic E-state index is 0.0284. The smallest absolute Gasteiger partial charge is 0.155 e. The van der Waals surface area contributed by atoms with E-state index in [0.717, 1.165) is 0 Å². The predicted molar refractivity (Wildman–Crippen MR) is 68.7 cm³/mol. The molecule has 1 rings (SSSR count). The molecule has 0 fully saturated rings. The molecule has 0 bridgehead atoms. The van der Waals surface area contributed by atoms with E-state index < -0.39 is 6.10 Å². The fourth-order valence-corrected chi connectivity index (χ4v) is 1.68. The van der Waals surface area contributed by atoms with Gasteiger partial charge in [0.05, 0.1) is 6.42 Å². The second-order valence-corrected chi connectivity index (χ2v) is 4.43. The van der Waals surface area contributed by atoms with Crippen molar-refractivity contribution in [2.24, 2.45) is 5.34 Å². The molecule has 0 aromatic carbocycles. The van der Waals surface area contributed by atoms with E-state index in [1.807, 2.05) is 0 Å². The summed E-state index contributed by atoms with van der Waals surface area (Å²) in [5.74, 6) is 0.658. The van der Waals surface area contributed by atoms with Gasteiger partial charge in [-0.3, -0.25) is 9.59 Å². The highest BCUT2D eigenvalue weighted by Gasteiger charge is 2.15. The van der Waals surface area contributed by atoms with Gasteiger partial charge in [-0.1, -0.05) is 0 Å². The average molecular weight is 283 g/mol. The predicted octanol–water partition coefficient (Wildman–Crippen LogP) is 1.88. The normalized spacial score (nSPS) is 11.9. The standard InChI is InChI=1S/C13H17NO6/c1-9(15)8-11-3-5-13(20-11)12(17)4-2-10(16)6-7-19-14-18/h3,5,12,17H,2,4,6-8H2,1H3. The molecule has 7 nitrogen and oxygen atoms in total. The SMILES string of the molecule is CC(=O)Cc1ccc(C(O)CCC(=O)CCON=O)o1. The number of carbonyl (C=O) groups is 2. The third-order valence-corrected chi connectivity index (χ3v) is 2.66. The number of ketones is 2. The molecule has 1 aromatic rings. The van der Waals surface area contributed by atoms with E-state index in [-0.39, 0.29) is 43.9 Å². The lowest BCUT2D eigenvalue weighted by molar-refractivity contribution is -0.120. The van der Waals surface area contributed by atoms with Gasteiger partial charge in [0.25, 0.3) is 0 Å². The summed E-state index contributed by atoms with van der Waals surface area (Å²) >= 11 is 0. The Morgan fingerprint density at radius 2 is 2.15 bits per heavy atom. The van der Waals surface area contributed by atoms with Gasteiger partial charge in [0.2, 0.25) is 0 Å². The van der Waals surface area contributed by atoms with Crippen molar-refractivity contribution in [3.05, 3.63) is 28.6 Å². The summed E-state index contributed by atoms with van der Waals surface area (Å²) in [6.45, 7) is 1.40. The van der Waals surface area contributed by atoms with Crippen molar-refractivity contribution < 1.29 is 24.0 Å². The van der Waals surface area contributed by atoms with Crippen LogP contribution in [-0.2, 0) is 20.8 Å². The number of hydrogen-bond donors (Lipinski definition) is 1. The van der Waals surface area contributed by atoms with E-state index in [2.05, 4.69) is 10.2 Å². The van der Waals surface area contributed by atoms with Crippen molar-refractivity contribution in [3.63, 3.8) is 0 Å². The van der Waals surface area contributed by atoms with Crippen LogP contribution in [0.1, 0.15) is 43.8 Å². The van der Waals surface area contributed by atoms with Crippen LogP contribution in [0, 0.1) is 4.91 Å². The van der Waals surface area contributed by atoms with Gasteiger partial charge in [0, 0.05) is 12.8 Å². The van der Waals surface area contributed by atoms with Gasteiger partial charge < -0.3 is 14.4 Å². The number of carbonyl (C=O) groups excluding carboxylic acids is 2. The van der Waals surface area contributed by atoms with Gasteiger partial charge in [0.1, 0.15) is 35.8 Å². The van der Waals surface area contributed by atoms with Crippen molar-refractivity contribution in [2.45, 2.75) is 38.7 Å². The van der Waals surface area contributed by atoms with E-state index in [4.69, 9.17) is 4.42 Å². The van der Waals surface area contributed by atoms with Crippen molar-refractivity contribution in [1.82, 2.24) is 0 Å². The molecule has 1 heterocycles. The maximum absolute atomic E-state index is 11.4. The van der Waals surface area contributed by atoms with Crippen LogP contribution < -0.4 is 0 Å². The molecule has 7 heteroatoms. The monoisotopic (exact) mass is 283 g/mol. The largest absolute Gasteiger partial charge is 0.463 e. The Morgan fingerprint density at radius 1 is 1.40 bits per heavy atom. The number of rotatable bonds is 10. The second-order valence-electron chi connectivity index (χ2n) is 4.43. The highest BCUT2D eigenvalue weighted by atomic mass is 16.7. The van der Waals surface area contributed by atoms with Crippen LogP contribution >= 0.6 is 0 Å². The van der Waals surface area contributed by atoms with Crippen LogP contribution in [0.4, 0.5) is 0 Å². The highest BCUT2D eigenvalue weighted by Crippen LogP contribution is 2.21. The van der Waals surface area contributed by atoms with Gasteiger partial charge in [-0.2, -0.15) is 0 Å². The summed E-state index contributed by atoms with van der Waals surface area (Å²) in [5.41, 5.74) is 0. The minimum Gasteiger partial charge on any atom is -0.463 e. The Balaban J connectivity index is 2.36. The summed E-state index contributed by atoms with van der Waals surface area (Å²) in [5, 5.41) is 12.0. The van der Waals surface area contributed by atoms with E-state index in [9.17, 15) is 19.6 Å². The number of nitrogens with zero attached hydrogens (tertiary/aromatic N) is 1. The molecule has 0 radical (unpaired) electrons.